The summed E-state index contributed by atoms with van der Waals surface area (Å²) in [6.07, 6.45) is 3.67. The van der Waals surface area contributed by atoms with Crippen LogP contribution < -0.4 is 10.6 Å². The van der Waals surface area contributed by atoms with Gasteiger partial charge >= 0.3 is 0 Å². The molecule has 2 amide bonds. The number of likely N-dealkylation sites (tertiary alicyclic amines) is 1. The molecule has 0 aromatic rings. The summed E-state index contributed by atoms with van der Waals surface area (Å²) in [6.45, 7) is 3.68. The third-order valence-electron chi connectivity index (χ3n) is 3.46. The van der Waals surface area contributed by atoms with Crippen molar-refractivity contribution in [2.45, 2.75) is 25.7 Å². The number of rotatable bonds is 4. The van der Waals surface area contributed by atoms with Gasteiger partial charge in [0.15, 0.2) is 0 Å². The van der Waals surface area contributed by atoms with E-state index in [9.17, 15) is 9.59 Å². The van der Waals surface area contributed by atoms with Gasteiger partial charge in [-0.15, -0.1) is 12.4 Å². The SMILES string of the molecule is Cl.O=C(CN1CCCCCC1=O)NCC1CNC1. The number of carbonyl (C=O) groups is 2. The molecule has 2 N–H and O–H groups in total. The topological polar surface area (TPSA) is 61.4 Å². The average molecular weight is 276 g/mol. The minimum Gasteiger partial charge on any atom is -0.354 e. The smallest absolute Gasteiger partial charge is 0.239 e. The molecule has 0 aromatic heterocycles. The van der Waals surface area contributed by atoms with E-state index in [2.05, 4.69) is 10.6 Å². The van der Waals surface area contributed by atoms with Gasteiger partial charge in [-0.3, -0.25) is 9.59 Å². The maximum Gasteiger partial charge on any atom is 0.239 e. The largest absolute Gasteiger partial charge is 0.354 e. The summed E-state index contributed by atoms with van der Waals surface area (Å²) >= 11 is 0. The summed E-state index contributed by atoms with van der Waals surface area (Å²) in [6, 6.07) is 0. The van der Waals surface area contributed by atoms with E-state index in [0.717, 1.165) is 45.4 Å². The zero-order valence-corrected chi connectivity index (χ0v) is 11.4. The predicted octanol–water partition coefficient (Wildman–Crippen LogP) is 0.146. The van der Waals surface area contributed by atoms with Crippen molar-refractivity contribution in [2.24, 2.45) is 5.92 Å². The van der Waals surface area contributed by atoms with Crippen LogP contribution in [0.1, 0.15) is 25.7 Å². The van der Waals surface area contributed by atoms with Gasteiger partial charge in [-0.2, -0.15) is 0 Å². The number of nitrogens with zero attached hydrogens (tertiary/aromatic N) is 1. The van der Waals surface area contributed by atoms with Gasteiger partial charge in [-0.25, -0.2) is 0 Å². The zero-order valence-electron chi connectivity index (χ0n) is 10.6. The molecular weight excluding hydrogens is 254 g/mol. The standard InChI is InChI=1S/C12H21N3O2.ClH/c16-11(14-8-10-6-13-7-10)9-15-5-3-1-2-4-12(15)17;/h10,13H,1-9H2,(H,14,16);1H. The Balaban J connectivity index is 0.00000162. The summed E-state index contributed by atoms with van der Waals surface area (Å²) in [5, 5.41) is 6.07. The molecule has 2 aliphatic rings. The van der Waals surface area contributed by atoms with Crippen LogP contribution in [0.3, 0.4) is 0 Å². The quantitative estimate of drug-likeness (QED) is 0.768. The minimum atomic E-state index is -0.0212. The van der Waals surface area contributed by atoms with Crippen molar-refractivity contribution >= 4 is 24.2 Å². The van der Waals surface area contributed by atoms with Crippen molar-refractivity contribution in [1.29, 1.82) is 0 Å². The van der Waals surface area contributed by atoms with Crippen LogP contribution >= 0.6 is 12.4 Å². The molecule has 2 rings (SSSR count). The molecule has 0 atom stereocenters. The lowest BCUT2D eigenvalue weighted by Crippen LogP contribution is -2.49. The Kier molecular flexibility index (Phi) is 6.43. The van der Waals surface area contributed by atoms with Gasteiger partial charge in [0.25, 0.3) is 0 Å². The molecule has 2 saturated heterocycles. The first-order valence-corrected chi connectivity index (χ1v) is 6.51. The molecule has 18 heavy (non-hydrogen) atoms. The van der Waals surface area contributed by atoms with Crippen LogP contribution in [0.2, 0.25) is 0 Å². The molecule has 0 spiro atoms. The van der Waals surface area contributed by atoms with Crippen molar-refractivity contribution in [1.82, 2.24) is 15.5 Å². The third kappa shape index (κ3) is 4.46. The third-order valence-corrected chi connectivity index (χ3v) is 3.46. The van der Waals surface area contributed by atoms with E-state index in [1.54, 1.807) is 4.90 Å². The second-order valence-electron chi connectivity index (χ2n) is 4.95. The van der Waals surface area contributed by atoms with Crippen LogP contribution in [0, 0.1) is 5.92 Å². The Morgan fingerprint density at radius 2 is 2.11 bits per heavy atom. The maximum absolute atomic E-state index is 11.7. The predicted molar refractivity (Wildman–Crippen MR) is 71.7 cm³/mol. The lowest BCUT2D eigenvalue weighted by atomic mass is 10.0. The highest BCUT2D eigenvalue weighted by atomic mass is 35.5. The van der Waals surface area contributed by atoms with Crippen LogP contribution in [-0.2, 0) is 9.59 Å². The van der Waals surface area contributed by atoms with Crippen molar-refractivity contribution in [3.63, 3.8) is 0 Å². The van der Waals surface area contributed by atoms with Crippen molar-refractivity contribution in [3.05, 3.63) is 0 Å². The van der Waals surface area contributed by atoms with Crippen LogP contribution in [0.4, 0.5) is 0 Å². The maximum atomic E-state index is 11.7. The fourth-order valence-electron chi connectivity index (χ4n) is 2.19. The van der Waals surface area contributed by atoms with Gasteiger partial charge in [0.1, 0.15) is 0 Å². The number of amides is 2. The average Bonchev–Trinajstić information content (AvgIpc) is 2.42. The minimum absolute atomic E-state index is 0. The summed E-state index contributed by atoms with van der Waals surface area (Å²) < 4.78 is 0. The van der Waals surface area contributed by atoms with E-state index in [1.165, 1.54) is 0 Å². The molecule has 0 radical (unpaired) electrons. The highest BCUT2D eigenvalue weighted by Gasteiger charge is 2.21. The highest BCUT2D eigenvalue weighted by molar-refractivity contribution is 5.85. The molecule has 0 saturated carbocycles. The van der Waals surface area contributed by atoms with E-state index in [-0.39, 0.29) is 30.8 Å². The summed E-state index contributed by atoms with van der Waals surface area (Å²) in [4.78, 5) is 25.1. The Bertz CT molecular complexity index is 295. The van der Waals surface area contributed by atoms with Gasteiger partial charge in [-0.05, 0) is 12.8 Å². The number of halogens is 1. The lowest BCUT2D eigenvalue weighted by Gasteiger charge is -2.27. The van der Waals surface area contributed by atoms with Crippen molar-refractivity contribution in [3.8, 4) is 0 Å². The monoisotopic (exact) mass is 275 g/mol. The van der Waals surface area contributed by atoms with Gasteiger partial charge in [0.05, 0.1) is 6.54 Å². The second kappa shape index (κ2) is 7.59. The highest BCUT2D eigenvalue weighted by Crippen LogP contribution is 2.10. The van der Waals surface area contributed by atoms with Crippen LogP contribution in [0.15, 0.2) is 0 Å². The number of hydrogen-bond acceptors (Lipinski definition) is 3. The lowest BCUT2D eigenvalue weighted by molar-refractivity contribution is -0.135. The van der Waals surface area contributed by atoms with E-state index in [0.29, 0.717) is 12.3 Å². The van der Waals surface area contributed by atoms with Crippen molar-refractivity contribution < 1.29 is 9.59 Å². The van der Waals surface area contributed by atoms with Crippen LogP contribution in [0.5, 0.6) is 0 Å². The Labute approximate surface area is 114 Å². The van der Waals surface area contributed by atoms with Gasteiger partial charge in [-0.1, -0.05) is 6.42 Å². The molecule has 2 aliphatic heterocycles. The Hall–Kier alpha value is -0.810. The van der Waals surface area contributed by atoms with Crippen LogP contribution in [0.25, 0.3) is 0 Å². The van der Waals surface area contributed by atoms with Crippen molar-refractivity contribution in [2.75, 3.05) is 32.7 Å². The van der Waals surface area contributed by atoms with Gasteiger partial charge < -0.3 is 15.5 Å². The number of hydrogen-bond donors (Lipinski definition) is 2. The van der Waals surface area contributed by atoms with E-state index < -0.39 is 0 Å². The van der Waals surface area contributed by atoms with E-state index >= 15 is 0 Å². The molecule has 2 heterocycles. The molecule has 0 aliphatic carbocycles. The molecular formula is C12H22ClN3O2. The Morgan fingerprint density at radius 1 is 1.33 bits per heavy atom. The van der Waals surface area contributed by atoms with E-state index in [1.807, 2.05) is 0 Å². The summed E-state index contributed by atoms with van der Waals surface area (Å²) in [5.41, 5.74) is 0. The first-order chi connectivity index (χ1) is 8.25. The van der Waals surface area contributed by atoms with Crippen LogP contribution in [-0.4, -0.2) is 49.4 Å². The normalized spacial score (nSPS) is 20.7. The molecule has 5 nitrogen and oxygen atoms in total. The van der Waals surface area contributed by atoms with E-state index in [4.69, 9.17) is 0 Å². The van der Waals surface area contributed by atoms with Gasteiger partial charge in [0, 0.05) is 38.5 Å². The first kappa shape index (κ1) is 15.2. The number of carbonyl (C=O) groups excluding carboxylic acids is 2. The molecule has 6 heteroatoms. The fourth-order valence-corrected chi connectivity index (χ4v) is 2.19. The summed E-state index contributed by atoms with van der Waals surface area (Å²) in [7, 11) is 0. The molecule has 0 aromatic carbocycles. The number of nitrogens with one attached hydrogen (secondary N) is 2. The molecule has 104 valence electrons. The Morgan fingerprint density at radius 3 is 2.78 bits per heavy atom. The fraction of sp³-hybridized carbons (Fsp3) is 0.833. The first-order valence-electron chi connectivity index (χ1n) is 6.51. The zero-order chi connectivity index (χ0) is 12.1. The molecule has 2 fully saturated rings. The molecule has 0 unspecified atom stereocenters. The molecule has 0 bridgehead atoms. The second-order valence-corrected chi connectivity index (χ2v) is 4.95. The van der Waals surface area contributed by atoms with Gasteiger partial charge in [0.2, 0.25) is 11.8 Å². The summed E-state index contributed by atoms with van der Waals surface area (Å²) in [5.74, 6) is 0.675.